The second kappa shape index (κ2) is 10.3. The summed E-state index contributed by atoms with van der Waals surface area (Å²) < 4.78 is 52.4. The predicted octanol–water partition coefficient (Wildman–Crippen LogP) is 2.13. The average molecular weight is 494 g/mol. The molecule has 0 fully saturated rings. The van der Waals surface area contributed by atoms with E-state index in [0.29, 0.717) is 16.7 Å². The van der Waals surface area contributed by atoms with E-state index < -0.39 is 32.4 Å². The van der Waals surface area contributed by atoms with Crippen LogP contribution >= 0.6 is 0 Å². The summed E-state index contributed by atoms with van der Waals surface area (Å²) in [5.41, 5.74) is 6.03. The minimum atomic E-state index is -4.06. The van der Waals surface area contributed by atoms with Gasteiger partial charge in [-0.1, -0.05) is 12.1 Å². The van der Waals surface area contributed by atoms with E-state index in [9.17, 15) is 13.2 Å². The van der Waals surface area contributed by atoms with Crippen molar-refractivity contribution in [3.8, 4) is 11.8 Å². The van der Waals surface area contributed by atoms with Crippen LogP contribution in [0.25, 0.3) is 11.0 Å². The molecule has 0 aliphatic rings. The number of halogens is 1. The summed E-state index contributed by atoms with van der Waals surface area (Å²) in [6.07, 6.45) is 3.05. The van der Waals surface area contributed by atoms with Crippen LogP contribution in [-0.2, 0) is 10.0 Å². The molecule has 1 unspecified atom stereocenters. The van der Waals surface area contributed by atoms with Gasteiger partial charge in [0, 0.05) is 29.4 Å². The summed E-state index contributed by atoms with van der Waals surface area (Å²) in [6, 6.07) is 9.13. The van der Waals surface area contributed by atoms with Gasteiger partial charge in [0.15, 0.2) is 0 Å². The zero-order valence-corrected chi connectivity index (χ0v) is 18.4. The van der Waals surface area contributed by atoms with E-state index in [1.807, 2.05) is 0 Å². The molecule has 0 aliphatic heterocycles. The number of nitrogens with two attached hydrogens (primary N) is 1. The number of aromatic nitrogens is 2. The van der Waals surface area contributed by atoms with Crippen LogP contribution in [0.15, 0.2) is 69.0 Å². The van der Waals surface area contributed by atoms with Crippen LogP contribution in [0.5, 0.6) is 11.8 Å². The van der Waals surface area contributed by atoms with Gasteiger partial charge in [0.25, 0.3) is 0 Å². The molecule has 0 amide bonds. The first kappa shape index (κ1) is 25.9. The topological polar surface area (TPSA) is 137 Å². The van der Waals surface area contributed by atoms with Gasteiger partial charge in [0.05, 0.1) is 11.6 Å². The van der Waals surface area contributed by atoms with Gasteiger partial charge < -0.3 is 14.9 Å². The van der Waals surface area contributed by atoms with Crippen molar-refractivity contribution in [2.45, 2.75) is 17.9 Å². The van der Waals surface area contributed by atoms with Gasteiger partial charge in [0.1, 0.15) is 22.0 Å². The Labute approximate surface area is 216 Å². The van der Waals surface area contributed by atoms with Gasteiger partial charge >= 0.3 is 41.2 Å². The molecule has 0 aliphatic carbocycles. The second-order valence-electron chi connectivity index (χ2n) is 7.06. The molecule has 2 aromatic carbocycles. The number of nitrogens with one attached hydrogen (secondary N) is 1. The van der Waals surface area contributed by atoms with Gasteiger partial charge in [0.2, 0.25) is 10.0 Å². The molecule has 2 aromatic heterocycles. The maximum absolute atomic E-state index is 15.1. The van der Waals surface area contributed by atoms with E-state index in [1.165, 1.54) is 37.6 Å². The maximum atomic E-state index is 15.1. The van der Waals surface area contributed by atoms with Gasteiger partial charge in [-0.3, -0.25) is 0 Å². The third kappa shape index (κ3) is 4.90. The van der Waals surface area contributed by atoms with E-state index in [0.717, 1.165) is 6.07 Å². The van der Waals surface area contributed by atoms with Crippen molar-refractivity contribution in [1.82, 2.24) is 14.7 Å². The Morgan fingerprint density at radius 2 is 1.85 bits per heavy atom. The Hall–Kier alpha value is -2.67. The normalized spacial score (nSPS) is 12.2. The van der Waals surface area contributed by atoms with Crippen molar-refractivity contribution in [1.29, 1.82) is 0 Å². The summed E-state index contributed by atoms with van der Waals surface area (Å²) in [4.78, 5) is 20.2. The molecule has 9 nitrogen and oxygen atoms in total. The van der Waals surface area contributed by atoms with Crippen molar-refractivity contribution in [3.05, 3.63) is 87.8 Å². The van der Waals surface area contributed by atoms with Crippen molar-refractivity contribution in [2.24, 2.45) is 5.73 Å². The summed E-state index contributed by atoms with van der Waals surface area (Å²) in [5, 5.41) is 0.556. The number of fused-ring (bicyclic) bond motifs is 1. The zero-order chi connectivity index (χ0) is 23.8. The van der Waals surface area contributed by atoms with E-state index in [2.05, 4.69) is 14.7 Å². The molecule has 0 spiro atoms. The van der Waals surface area contributed by atoms with Gasteiger partial charge in [-0.05, 0) is 43.8 Å². The molecule has 3 N–H and O–H groups in total. The van der Waals surface area contributed by atoms with Crippen molar-refractivity contribution >= 4 is 50.5 Å². The molecule has 4 rings (SSSR count). The fraction of sp³-hybridized carbons (Fsp3) is 0.136. The Morgan fingerprint density at radius 3 is 2.53 bits per heavy atom. The first-order chi connectivity index (χ1) is 15.7. The van der Waals surface area contributed by atoms with E-state index in [4.69, 9.17) is 14.9 Å². The average Bonchev–Trinajstić information content (AvgIpc) is 2.79. The quantitative estimate of drug-likeness (QED) is 0.307. The van der Waals surface area contributed by atoms with Gasteiger partial charge in [-0.15, -0.1) is 0 Å². The summed E-state index contributed by atoms with van der Waals surface area (Å²) in [5.74, 6) is -0.686. The standard InChI is InChI=1S/C22H19FN4O5S.Na.H/c1-12-14-8-7-13(31-22-26-9-4-10-27-22)11-16(14)32-21(28)18(12)20(24)15-5-3-6-17(19(15)23)33(29,30)25-2;;/h3-11,20,25H,24H2,1-2H3;;. The molecule has 0 saturated carbocycles. The molecule has 4 aromatic rings. The third-order valence-corrected chi connectivity index (χ3v) is 6.56. The Balaban J connectivity index is 0.00000324. The number of aryl methyl sites for hydroxylation is 1. The van der Waals surface area contributed by atoms with Gasteiger partial charge in [-0.2, -0.15) is 0 Å². The third-order valence-electron chi connectivity index (χ3n) is 5.13. The molecule has 0 bridgehead atoms. The number of nitrogens with zero attached hydrogens (tertiary/aromatic N) is 2. The first-order valence-corrected chi connectivity index (χ1v) is 11.2. The number of hydrogen-bond acceptors (Lipinski definition) is 8. The molecular weight excluding hydrogens is 474 g/mol. The van der Waals surface area contributed by atoms with Crippen LogP contribution in [-0.4, -0.2) is 55.0 Å². The number of sulfonamides is 1. The van der Waals surface area contributed by atoms with Crippen LogP contribution in [0.3, 0.4) is 0 Å². The van der Waals surface area contributed by atoms with Gasteiger partial charge in [-0.25, -0.2) is 32.3 Å². The fourth-order valence-corrected chi connectivity index (χ4v) is 4.29. The van der Waals surface area contributed by atoms with Crippen LogP contribution in [0.1, 0.15) is 22.7 Å². The molecule has 0 saturated heterocycles. The molecule has 12 heteroatoms. The molecule has 2 heterocycles. The summed E-state index contributed by atoms with van der Waals surface area (Å²) in [6.45, 7) is 1.65. The van der Waals surface area contributed by atoms with Crippen LogP contribution < -0.4 is 20.8 Å². The second-order valence-corrected chi connectivity index (χ2v) is 8.92. The molecule has 0 radical (unpaired) electrons. The molecule has 172 valence electrons. The number of benzene rings is 2. The number of rotatable bonds is 6. The predicted molar refractivity (Wildman–Crippen MR) is 125 cm³/mol. The van der Waals surface area contributed by atoms with E-state index >= 15 is 4.39 Å². The number of ether oxygens (including phenoxy) is 1. The Morgan fingerprint density at radius 1 is 1.15 bits per heavy atom. The Bertz CT molecular complexity index is 1510. The summed E-state index contributed by atoms with van der Waals surface area (Å²) >= 11 is 0. The van der Waals surface area contributed by atoms with Crippen LogP contribution in [0.4, 0.5) is 4.39 Å². The van der Waals surface area contributed by atoms with Crippen LogP contribution in [0.2, 0.25) is 0 Å². The number of hydrogen-bond donors (Lipinski definition) is 2. The van der Waals surface area contributed by atoms with Crippen LogP contribution in [0, 0.1) is 12.7 Å². The van der Waals surface area contributed by atoms with Crippen molar-refractivity contribution in [2.75, 3.05) is 7.05 Å². The molecule has 34 heavy (non-hydrogen) atoms. The van der Waals surface area contributed by atoms with Crippen molar-refractivity contribution < 1.29 is 22.0 Å². The Kier molecular flexibility index (Phi) is 7.86. The van der Waals surface area contributed by atoms with E-state index in [-0.39, 0.29) is 52.3 Å². The molecular formula is C22H20FN4NaO5S. The van der Waals surface area contributed by atoms with E-state index in [1.54, 1.807) is 25.1 Å². The monoisotopic (exact) mass is 494 g/mol. The molecule has 1 atom stereocenters. The zero-order valence-electron chi connectivity index (χ0n) is 17.6. The SMILES string of the molecule is CNS(=O)(=O)c1cccc(C(N)c2c(C)c3ccc(Oc4ncccn4)cc3oc2=O)c1F.[NaH]. The van der Waals surface area contributed by atoms with Crippen molar-refractivity contribution in [3.63, 3.8) is 0 Å². The first-order valence-electron chi connectivity index (χ1n) is 9.72. The fourth-order valence-electron chi connectivity index (χ4n) is 3.46. The minimum absolute atomic E-state index is 0. The summed E-state index contributed by atoms with van der Waals surface area (Å²) in [7, 11) is -2.89.